The fraction of sp³-hybridized carbons (Fsp3) is 0.929. The maximum Gasteiger partial charge on any atom is 0.239 e. The Balaban J connectivity index is 4.24. The van der Waals surface area contributed by atoms with Gasteiger partial charge in [0.05, 0.1) is 6.04 Å². The van der Waals surface area contributed by atoms with Crippen molar-refractivity contribution in [3.63, 3.8) is 0 Å². The summed E-state index contributed by atoms with van der Waals surface area (Å²) >= 11 is 0. The van der Waals surface area contributed by atoms with Gasteiger partial charge >= 0.3 is 0 Å². The summed E-state index contributed by atoms with van der Waals surface area (Å²) in [7, 11) is 3.65. The lowest BCUT2D eigenvalue weighted by Gasteiger charge is -2.24. The molecule has 0 saturated heterocycles. The molecule has 0 rings (SSSR count). The van der Waals surface area contributed by atoms with Crippen LogP contribution >= 0.6 is 0 Å². The van der Waals surface area contributed by atoms with Crippen LogP contribution in [0, 0.1) is 11.8 Å². The van der Waals surface area contributed by atoms with Gasteiger partial charge in [0.2, 0.25) is 5.91 Å². The van der Waals surface area contributed by atoms with Gasteiger partial charge in [-0.1, -0.05) is 34.1 Å². The van der Waals surface area contributed by atoms with Crippen molar-refractivity contribution in [3.05, 3.63) is 0 Å². The number of hydrogen-bond acceptors (Lipinski definition) is 2. The molecule has 0 aliphatic heterocycles. The molecule has 0 aromatic carbocycles. The summed E-state index contributed by atoms with van der Waals surface area (Å²) in [5.41, 5.74) is 0. The first-order chi connectivity index (χ1) is 7.88. The van der Waals surface area contributed by atoms with Crippen LogP contribution in [-0.4, -0.2) is 37.5 Å². The predicted molar refractivity (Wildman–Crippen MR) is 74.0 cm³/mol. The molecule has 2 unspecified atom stereocenters. The highest BCUT2D eigenvalue weighted by atomic mass is 16.2. The molecule has 0 fully saturated rings. The average Bonchev–Trinajstić information content (AvgIpc) is 2.23. The Hall–Kier alpha value is -0.570. The third kappa shape index (κ3) is 7.37. The summed E-state index contributed by atoms with van der Waals surface area (Å²) < 4.78 is 0. The first-order valence-corrected chi connectivity index (χ1v) is 6.83. The third-order valence-corrected chi connectivity index (χ3v) is 2.94. The van der Waals surface area contributed by atoms with Crippen LogP contribution in [0.15, 0.2) is 0 Å². The summed E-state index contributed by atoms with van der Waals surface area (Å²) in [6, 6.07) is -0.0238. The van der Waals surface area contributed by atoms with E-state index in [2.05, 4.69) is 33.0 Å². The smallest absolute Gasteiger partial charge is 0.239 e. The van der Waals surface area contributed by atoms with E-state index in [0.29, 0.717) is 11.8 Å². The standard InChI is InChI=1S/C14H30N2O/c1-7-8-12(4)10-15-13(9-11(2)3)14(17)16(5)6/h11-13,15H,7-10H2,1-6H3. The zero-order chi connectivity index (χ0) is 13.4. The second kappa shape index (κ2) is 8.51. The van der Waals surface area contributed by atoms with Crippen LogP contribution in [0.1, 0.15) is 47.0 Å². The molecule has 1 N–H and O–H groups in total. The summed E-state index contributed by atoms with van der Waals surface area (Å²) in [6.45, 7) is 9.70. The van der Waals surface area contributed by atoms with E-state index >= 15 is 0 Å². The molecule has 17 heavy (non-hydrogen) atoms. The first kappa shape index (κ1) is 16.4. The largest absolute Gasteiger partial charge is 0.347 e. The second-order valence-corrected chi connectivity index (χ2v) is 5.72. The van der Waals surface area contributed by atoms with Crippen molar-refractivity contribution >= 4 is 5.91 Å². The number of carbonyl (C=O) groups excluding carboxylic acids is 1. The van der Waals surface area contributed by atoms with Gasteiger partial charge in [-0.25, -0.2) is 0 Å². The van der Waals surface area contributed by atoms with E-state index in [1.165, 1.54) is 12.8 Å². The average molecular weight is 242 g/mol. The molecule has 0 saturated carbocycles. The van der Waals surface area contributed by atoms with Crippen molar-refractivity contribution in [2.75, 3.05) is 20.6 Å². The predicted octanol–water partition coefficient (Wildman–Crippen LogP) is 2.52. The summed E-state index contributed by atoms with van der Waals surface area (Å²) in [6.07, 6.45) is 3.34. The van der Waals surface area contributed by atoms with Crippen LogP contribution in [0.25, 0.3) is 0 Å². The van der Waals surface area contributed by atoms with E-state index < -0.39 is 0 Å². The van der Waals surface area contributed by atoms with Crippen molar-refractivity contribution < 1.29 is 4.79 Å². The number of rotatable bonds is 8. The maximum atomic E-state index is 12.0. The Morgan fingerprint density at radius 1 is 1.24 bits per heavy atom. The lowest BCUT2D eigenvalue weighted by molar-refractivity contribution is -0.131. The fourth-order valence-electron chi connectivity index (χ4n) is 1.99. The molecule has 0 bridgehead atoms. The van der Waals surface area contributed by atoms with E-state index in [1.54, 1.807) is 4.90 Å². The molecule has 2 atom stereocenters. The Morgan fingerprint density at radius 3 is 2.24 bits per heavy atom. The Bertz CT molecular complexity index is 214. The Morgan fingerprint density at radius 2 is 1.82 bits per heavy atom. The van der Waals surface area contributed by atoms with Crippen LogP contribution < -0.4 is 5.32 Å². The number of carbonyl (C=O) groups is 1. The van der Waals surface area contributed by atoms with Crippen LogP contribution in [0.4, 0.5) is 0 Å². The van der Waals surface area contributed by atoms with Crippen molar-refractivity contribution in [1.29, 1.82) is 0 Å². The Labute approximate surface area is 107 Å². The number of nitrogens with one attached hydrogen (secondary N) is 1. The van der Waals surface area contributed by atoms with Gasteiger partial charge in [0.25, 0.3) is 0 Å². The van der Waals surface area contributed by atoms with Crippen molar-refractivity contribution in [2.24, 2.45) is 11.8 Å². The van der Waals surface area contributed by atoms with Gasteiger partial charge in [-0.3, -0.25) is 4.79 Å². The lowest BCUT2D eigenvalue weighted by atomic mass is 10.0. The summed E-state index contributed by atoms with van der Waals surface area (Å²) in [5, 5.41) is 3.43. The lowest BCUT2D eigenvalue weighted by Crippen LogP contribution is -2.45. The zero-order valence-corrected chi connectivity index (χ0v) is 12.4. The molecular formula is C14H30N2O. The minimum Gasteiger partial charge on any atom is -0.347 e. The third-order valence-electron chi connectivity index (χ3n) is 2.94. The molecule has 0 aromatic heterocycles. The molecule has 0 aliphatic carbocycles. The highest BCUT2D eigenvalue weighted by Gasteiger charge is 2.21. The van der Waals surface area contributed by atoms with E-state index in [1.807, 2.05) is 14.1 Å². The summed E-state index contributed by atoms with van der Waals surface area (Å²) in [4.78, 5) is 13.7. The molecule has 0 aliphatic rings. The molecule has 1 amide bonds. The Kier molecular flexibility index (Phi) is 8.23. The molecule has 0 spiro atoms. The van der Waals surface area contributed by atoms with Gasteiger partial charge in [0.1, 0.15) is 0 Å². The van der Waals surface area contributed by atoms with E-state index in [4.69, 9.17) is 0 Å². The van der Waals surface area contributed by atoms with Gasteiger partial charge in [-0.05, 0) is 31.2 Å². The molecular weight excluding hydrogens is 212 g/mol. The molecule has 3 heteroatoms. The summed E-state index contributed by atoms with van der Waals surface area (Å²) in [5.74, 6) is 1.38. The maximum absolute atomic E-state index is 12.0. The number of likely N-dealkylation sites (N-methyl/N-ethyl adjacent to an activating group) is 1. The quantitative estimate of drug-likeness (QED) is 0.709. The highest BCUT2D eigenvalue weighted by Crippen LogP contribution is 2.09. The van der Waals surface area contributed by atoms with E-state index in [-0.39, 0.29) is 11.9 Å². The van der Waals surface area contributed by atoms with E-state index in [0.717, 1.165) is 13.0 Å². The van der Waals surface area contributed by atoms with Crippen LogP contribution in [0.2, 0.25) is 0 Å². The van der Waals surface area contributed by atoms with Gasteiger partial charge in [0.15, 0.2) is 0 Å². The van der Waals surface area contributed by atoms with Crippen LogP contribution in [0.5, 0.6) is 0 Å². The normalized spacial score (nSPS) is 14.8. The van der Waals surface area contributed by atoms with Gasteiger partial charge in [0, 0.05) is 14.1 Å². The number of hydrogen-bond donors (Lipinski definition) is 1. The minimum absolute atomic E-state index is 0.0238. The minimum atomic E-state index is -0.0238. The van der Waals surface area contributed by atoms with E-state index in [9.17, 15) is 4.79 Å². The molecule has 0 radical (unpaired) electrons. The van der Waals surface area contributed by atoms with Gasteiger partial charge in [-0.2, -0.15) is 0 Å². The molecule has 0 heterocycles. The fourth-order valence-corrected chi connectivity index (χ4v) is 1.99. The molecule has 102 valence electrons. The van der Waals surface area contributed by atoms with Crippen molar-refractivity contribution in [2.45, 2.75) is 53.0 Å². The van der Waals surface area contributed by atoms with Gasteiger partial charge < -0.3 is 10.2 Å². The molecule has 3 nitrogen and oxygen atoms in total. The first-order valence-electron chi connectivity index (χ1n) is 6.83. The van der Waals surface area contributed by atoms with Crippen LogP contribution in [-0.2, 0) is 4.79 Å². The van der Waals surface area contributed by atoms with Crippen LogP contribution in [0.3, 0.4) is 0 Å². The topological polar surface area (TPSA) is 32.3 Å². The monoisotopic (exact) mass is 242 g/mol. The highest BCUT2D eigenvalue weighted by molar-refractivity contribution is 5.81. The van der Waals surface area contributed by atoms with Crippen molar-refractivity contribution in [3.8, 4) is 0 Å². The molecule has 0 aromatic rings. The van der Waals surface area contributed by atoms with Gasteiger partial charge in [-0.15, -0.1) is 0 Å². The number of amides is 1. The number of nitrogens with zero attached hydrogens (tertiary/aromatic N) is 1. The SMILES string of the molecule is CCCC(C)CNC(CC(C)C)C(=O)N(C)C. The zero-order valence-electron chi connectivity index (χ0n) is 12.4. The second-order valence-electron chi connectivity index (χ2n) is 5.72. The van der Waals surface area contributed by atoms with Crippen molar-refractivity contribution in [1.82, 2.24) is 10.2 Å².